The van der Waals surface area contributed by atoms with E-state index in [0.717, 1.165) is 11.3 Å². The smallest absolute Gasteiger partial charge is 0.340 e. The van der Waals surface area contributed by atoms with E-state index < -0.39 is 18.4 Å². The van der Waals surface area contributed by atoms with Crippen molar-refractivity contribution in [2.24, 2.45) is 35.5 Å². The Morgan fingerprint density at radius 3 is 2.21 bits per heavy atom. The van der Waals surface area contributed by atoms with E-state index in [2.05, 4.69) is 12.2 Å². The summed E-state index contributed by atoms with van der Waals surface area (Å²) in [5.41, 5.74) is 0.438. The highest BCUT2D eigenvalue weighted by Gasteiger charge is 2.67. The minimum atomic E-state index is -0.798. The van der Waals surface area contributed by atoms with Gasteiger partial charge in [0.05, 0.1) is 28.1 Å². The molecule has 1 aliphatic heterocycles. The predicted octanol–water partition coefficient (Wildman–Crippen LogP) is 4.59. The van der Waals surface area contributed by atoms with Crippen LogP contribution in [0, 0.1) is 35.5 Å². The van der Waals surface area contributed by atoms with Gasteiger partial charge in [-0.2, -0.15) is 0 Å². The first-order valence-electron chi connectivity index (χ1n) is 11.2. The number of nitrogens with zero attached hydrogens (tertiary/aromatic N) is 1. The molecule has 7 rings (SSSR count). The lowest BCUT2D eigenvalue weighted by molar-refractivity contribution is -0.124. The van der Waals surface area contributed by atoms with Crippen LogP contribution in [0.2, 0.25) is 10.0 Å². The van der Waals surface area contributed by atoms with Crippen LogP contribution in [0.1, 0.15) is 27.1 Å². The molecule has 0 aromatic heterocycles. The molecule has 0 unspecified atom stereocenters. The topological polar surface area (TPSA) is 80.8 Å². The molecule has 34 heavy (non-hydrogen) atoms. The van der Waals surface area contributed by atoms with Gasteiger partial charge in [0.1, 0.15) is 0 Å². The number of hydrogen-bond donors (Lipinski definition) is 0. The first-order chi connectivity index (χ1) is 16.4. The van der Waals surface area contributed by atoms with Crippen LogP contribution in [0.4, 0.5) is 5.69 Å². The number of esters is 1. The molecule has 1 saturated heterocycles. The molecule has 2 aromatic carbocycles. The summed E-state index contributed by atoms with van der Waals surface area (Å²) in [6.07, 6.45) is 5.27. The van der Waals surface area contributed by atoms with Crippen molar-refractivity contribution in [3.8, 4) is 0 Å². The number of ether oxygens (including phenoxy) is 1. The maximum Gasteiger partial charge on any atom is 0.340 e. The molecular weight excluding hydrogens is 477 g/mol. The van der Waals surface area contributed by atoms with E-state index in [0.29, 0.717) is 16.9 Å². The number of hydrogen-bond acceptors (Lipinski definition) is 5. The summed E-state index contributed by atoms with van der Waals surface area (Å²) < 4.78 is 5.26. The number of para-hydroxylation sites is 1. The third kappa shape index (κ3) is 3.16. The standard InChI is InChI=1S/C26H19Cl2NO5/c27-12-5-6-15(19(28)9-12)21(30)11-34-26(33)16-3-1-2-4-20(16)29-24(31)22-13-7-8-14(18-10-17(13)18)23(22)25(29)32/h1-9,13-14,17-18,22-23H,10-11H2/t13-,14-,17-,18-,22-,23-/m1/s1. The Hall–Kier alpha value is -2.96. The molecule has 0 radical (unpaired) electrons. The summed E-state index contributed by atoms with van der Waals surface area (Å²) in [5.74, 6) is -1.41. The van der Waals surface area contributed by atoms with E-state index in [1.54, 1.807) is 18.2 Å². The van der Waals surface area contributed by atoms with Gasteiger partial charge in [-0.3, -0.25) is 14.4 Å². The monoisotopic (exact) mass is 495 g/mol. The van der Waals surface area contributed by atoms with Crippen molar-refractivity contribution in [2.45, 2.75) is 6.42 Å². The van der Waals surface area contributed by atoms with Crippen molar-refractivity contribution >= 4 is 52.5 Å². The number of anilines is 1. The fourth-order valence-corrected chi connectivity index (χ4v) is 6.55. The summed E-state index contributed by atoms with van der Waals surface area (Å²) in [4.78, 5) is 53.5. The van der Waals surface area contributed by atoms with Crippen molar-refractivity contribution in [3.63, 3.8) is 0 Å². The lowest BCUT2D eigenvalue weighted by Gasteiger charge is -2.37. The Kier molecular flexibility index (Phi) is 4.94. The van der Waals surface area contributed by atoms with Gasteiger partial charge in [0, 0.05) is 10.6 Å². The van der Waals surface area contributed by atoms with Crippen molar-refractivity contribution in [2.75, 3.05) is 11.5 Å². The van der Waals surface area contributed by atoms with Crippen LogP contribution in [0.5, 0.6) is 0 Å². The SMILES string of the molecule is O=C(COC(=O)c1ccccc1N1C(=O)[C@@H]2[C@@H]3C=C[C@H]([C@H]4C[C@H]34)[C@H]2C1=O)c1ccc(Cl)cc1Cl. The second-order valence-corrected chi connectivity index (χ2v) is 10.2. The van der Waals surface area contributed by atoms with Crippen molar-refractivity contribution in [1.29, 1.82) is 0 Å². The molecule has 8 heteroatoms. The number of ketones is 1. The number of halogens is 2. The van der Waals surface area contributed by atoms with Crippen LogP contribution in [0.15, 0.2) is 54.6 Å². The largest absolute Gasteiger partial charge is 0.454 e. The van der Waals surface area contributed by atoms with Crippen LogP contribution in [-0.4, -0.2) is 30.2 Å². The zero-order chi connectivity index (χ0) is 23.7. The van der Waals surface area contributed by atoms with E-state index in [1.165, 1.54) is 24.3 Å². The molecule has 2 aromatic rings. The zero-order valence-corrected chi connectivity index (χ0v) is 19.3. The highest BCUT2D eigenvalue weighted by molar-refractivity contribution is 6.37. The van der Waals surface area contributed by atoms with E-state index >= 15 is 0 Å². The van der Waals surface area contributed by atoms with E-state index in [1.807, 2.05) is 0 Å². The number of carbonyl (C=O) groups excluding carboxylic acids is 4. The first kappa shape index (κ1) is 21.6. The summed E-state index contributed by atoms with van der Waals surface area (Å²) in [6.45, 7) is -0.543. The molecular formula is C26H19Cl2NO5. The maximum atomic E-state index is 13.4. The first-order valence-corrected chi connectivity index (χ1v) is 11.9. The lowest BCUT2D eigenvalue weighted by Crippen LogP contribution is -2.40. The van der Waals surface area contributed by atoms with Crippen molar-refractivity contribution in [3.05, 3.63) is 75.8 Å². The third-order valence-electron chi connectivity index (χ3n) is 7.59. The second-order valence-electron chi connectivity index (χ2n) is 9.31. The summed E-state index contributed by atoms with van der Waals surface area (Å²) >= 11 is 11.9. The number of carbonyl (C=O) groups is 4. The molecule has 6 nitrogen and oxygen atoms in total. The summed E-state index contributed by atoms with van der Waals surface area (Å²) in [6, 6.07) is 10.8. The minimum absolute atomic E-state index is 0.0586. The molecule has 0 spiro atoms. The highest BCUT2D eigenvalue weighted by Crippen LogP contribution is 2.65. The van der Waals surface area contributed by atoms with Gasteiger partial charge >= 0.3 is 5.97 Å². The molecule has 172 valence electrons. The maximum absolute atomic E-state index is 13.4. The van der Waals surface area contributed by atoms with Crippen molar-refractivity contribution < 1.29 is 23.9 Å². The van der Waals surface area contributed by atoms with Crippen LogP contribution in [0.25, 0.3) is 0 Å². The number of Topliss-reactive ketones (excluding diaryl/α,β-unsaturated/α-hetero) is 1. The second kappa shape index (κ2) is 7.79. The Morgan fingerprint density at radius 1 is 0.912 bits per heavy atom. The highest BCUT2D eigenvalue weighted by atomic mass is 35.5. The van der Waals surface area contributed by atoms with E-state index in [-0.39, 0.29) is 57.3 Å². The van der Waals surface area contributed by atoms with Gasteiger partial charge in [0.15, 0.2) is 6.61 Å². The molecule has 2 bridgehead atoms. The molecule has 0 N–H and O–H groups in total. The third-order valence-corrected chi connectivity index (χ3v) is 8.14. The van der Waals surface area contributed by atoms with Crippen molar-refractivity contribution in [1.82, 2.24) is 0 Å². The van der Waals surface area contributed by atoms with Gasteiger partial charge in [-0.25, -0.2) is 9.69 Å². The number of imide groups is 1. The number of rotatable bonds is 5. The quantitative estimate of drug-likeness (QED) is 0.262. The normalized spacial score (nSPS) is 30.2. The Bertz CT molecular complexity index is 1270. The summed E-state index contributed by atoms with van der Waals surface area (Å²) in [7, 11) is 0. The van der Waals surface area contributed by atoms with Gasteiger partial charge in [0.2, 0.25) is 17.6 Å². The zero-order valence-electron chi connectivity index (χ0n) is 17.8. The number of amides is 2. The van der Waals surface area contributed by atoms with Gasteiger partial charge in [0.25, 0.3) is 0 Å². The molecule has 6 atom stereocenters. The summed E-state index contributed by atoms with van der Waals surface area (Å²) in [5, 5.41) is 0.542. The fraction of sp³-hybridized carbons (Fsp3) is 0.308. The minimum Gasteiger partial charge on any atom is -0.454 e. The van der Waals surface area contributed by atoms with Gasteiger partial charge in [-0.15, -0.1) is 0 Å². The molecule has 4 aliphatic carbocycles. The Morgan fingerprint density at radius 2 is 1.56 bits per heavy atom. The molecule has 2 amide bonds. The number of allylic oxidation sites excluding steroid dienone is 2. The van der Waals surface area contributed by atoms with Crippen LogP contribution in [0.3, 0.4) is 0 Å². The van der Waals surface area contributed by atoms with Crippen LogP contribution >= 0.6 is 23.2 Å². The van der Waals surface area contributed by atoms with Gasteiger partial charge in [-0.1, -0.05) is 47.5 Å². The molecule has 1 heterocycles. The average molecular weight is 496 g/mol. The van der Waals surface area contributed by atoms with E-state index in [4.69, 9.17) is 27.9 Å². The molecule has 3 fully saturated rings. The molecule has 5 aliphatic rings. The average Bonchev–Trinajstić information content (AvgIpc) is 3.60. The lowest BCUT2D eigenvalue weighted by atomic mass is 9.63. The predicted molar refractivity (Wildman–Crippen MR) is 125 cm³/mol. The fourth-order valence-electron chi connectivity index (χ4n) is 6.04. The van der Waals surface area contributed by atoms with Crippen LogP contribution < -0.4 is 4.90 Å². The van der Waals surface area contributed by atoms with Crippen LogP contribution in [-0.2, 0) is 14.3 Å². The van der Waals surface area contributed by atoms with E-state index in [9.17, 15) is 19.2 Å². The Balaban J connectivity index is 1.24. The van der Waals surface area contributed by atoms with Gasteiger partial charge in [-0.05, 0) is 60.4 Å². The number of benzene rings is 2. The Labute approximate surface area is 205 Å². The molecule has 2 saturated carbocycles. The van der Waals surface area contributed by atoms with Gasteiger partial charge < -0.3 is 4.74 Å².